The predicted molar refractivity (Wildman–Crippen MR) is 110 cm³/mol. The lowest BCUT2D eigenvalue weighted by Gasteiger charge is -2.11. The molecule has 0 saturated carbocycles. The van der Waals surface area contributed by atoms with Gasteiger partial charge in [-0.05, 0) is 36.8 Å². The largest absolute Gasteiger partial charge is 0.461 e. The summed E-state index contributed by atoms with van der Waals surface area (Å²) in [7, 11) is 1.70. The molecule has 0 bridgehead atoms. The second-order valence-corrected chi connectivity index (χ2v) is 6.82. The van der Waals surface area contributed by atoms with Gasteiger partial charge in [0.2, 0.25) is 6.79 Å². The van der Waals surface area contributed by atoms with E-state index in [1.165, 1.54) is 6.20 Å². The minimum Gasteiger partial charge on any atom is -0.461 e. The summed E-state index contributed by atoms with van der Waals surface area (Å²) in [4.78, 5) is 29.5. The molecule has 3 heterocycles. The third-order valence-corrected chi connectivity index (χ3v) is 4.88. The van der Waals surface area contributed by atoms with Crippen molar-refractivity contribution in [1.82, 2.24) is 9.55 Å². The van der Waals surface area contributed by atoms with Crippen molar-refractivity contribution in [3.05, 3.63) is 59.1 Å². The first-order chi connectivity index (χ1) is 14.5. The molecule has 4 rings (SSSR count). The van der Waals surface area contributed by atoms with Crippen LogP contribution in [-0.4, -0.2) is 34.8 Å². The molecule has 1 aliphatic rings. The van der Waals surface area contributed by atoms with Gasteiger partial charge < -0.3 is 24.1 Å². The van der Waals surface area contributed by atoms with Crippen molar-refractivity contribution in [1.29, 1.82) is 0 Å². The molecule has 154 valence electrons. The molecule has 1 amide bonds. The Hall–Kier alpha value is -3.52. The van der Waals surface area contributed by atoms with Crippen LogP contribution in [0.3, 0.4) is 0 Å². The first-order valence-electron chi connectivity index (χ1n) is 9.18. The summed E-state index contributed by atoms with van der Waals surface area (Å²) in [5.74, 6) is 0.168. The Morgan fingerprint density at radius 3 is 2.83 bits per heavy atom. The summed E-state index contributed by atoms with van der Waals surface area (Å²) in [6.45, 7) is 2.06. The van der Waals surface area contributed by atoms with E-state index in [2.05, 4.69) is 10.3 Å². The van der Waals surface area contributed by atoms with E-state index >= 15 is 0 Å². The van der Waals surface area contributed by atoms with Crippen molar-refractivity contribution in [2.45, 2.75) is 6.92 Å². The van der Waals surface area contributed by atoms with Crippen LogP contribution in [0.2, 0.25) is 5.15 Å². The smallest absolute Gasteiger partial charge is 0.357 e. The monoisotopic (exact) mass is 427 g/mol. The first-order valence-corrected chi connectivity index (χ1v) is 9.55. The molecular weight excluding hydrogens is 410 g/mol. The third kappa shape index (κ3) is 3.57. The highest BCUT2D eigenvalue weighted by Gasteiger charge is 2.26. The van der Waals surface area contributed by atoms with Crippen LogP contribution < -0.4 is 14.8 Å². The third-order valence-electron chi connectivity index (χ3n) is 4.58. The van der Waals surface area contributed by atoms with Gasteiger partial charge in [-0.2, -0.15) is 0 Å². The number of carbonyl (C=O) groups is 2. The zero-order chi connectivity index (χ0) is 21.3. The molecule has 0 radical (unpaired) electrons. The van der Waals surface area contributed by atoms with Gasteiger partial charge in [-0.15, -0.1) is 0 Å². The minimum atomic E-state index is -0.556. The van der Waals surface area contributed by atoms with Crippen LogP contribution in [0.25, 0.3) is 11.1 Å². The molecule has 30 heavy (non-hydrogen) atoms. The van der Waals surface area contributed by atoms with E-state index in [1.807, 2.05) is 6.07 Å². The van der Waals surface area contributed by atoms with Crippen molar-refractivity contribution in [3.63, 3.8) is 0 Å². The standard InChI is InChI=1S/C21H18ClN3O5/c1-3-28-21(27)18-17(24-20(26)13-5-4-8-23-19(13)22)14(10-25(18)2)12-6-7-15-16(9-12)30-11-29-15/h4-10H,3,11H2,1-2H3,(H,24,26). The maximum Gasteiger partial charge on any atom is 0.357 e. The van der Waals surface area contributed by atoms with E-state index in [0.29, 0.717) is 22.7 Å². The molecule has 0 aliphatic carbocycles. The van der Waals surface area contributed by atoms with Gasteiger partial charge >= 0.3 is 5.97 Å². The number of nitrogens with zero attached hydrogens (tertiary/aromatic N) is 2. The van der Waals surface area contributed by atoms with E-state index < -0.39 is 11.9 Å². The lowest BCUT2D eigenvalue weighted by Crippen LogP contribution is -2.17. The Balaban J connectivity index is 1.81. The number of esters is 1. The number of pyridine rings is 1. The molecule has 2 aromatic heterocycles. The number of aryl methyl sites for hydroxylation is 1. The maximum absolute atomic E-state index is 12.9. The molecule has 1 aromatic carbocycles. The van der Waals surface area contributed by atoms with Crippen LogP contribution in [0.15, 0.2) is 42.7 Å². The molecule has 0 fully saturated rings. The zero-order valence-corrected chi connectivity index (χ0v) is 17.0. The van der Waals surface area contributed by atoms with Gasteiger partial charge in [0.15, 0.2) is 17.2 Å². The Bertz CT molecular complexity index is 1140. The second kappa shape index (κ2) is 8.08. The zero-order valence-electron chi connectivity index (χ0n) is 16.3. The molecule has 0 atom stereocenters. The molecule has 0 saturated heterocycles. The minimum absolute atomic E-state index is 0.0632. The summed E-state index contributed by atoms with van der Waals surface area (Å²) in [5.41, 5.74) is 2.05. The number of rotatable bonds is 5. The van der Waals surface area contributed by atoms with Crippen molar-refractivity contribution < 1.29 is 23.8 Å². The van der Waals surface area contributed by atoms with Crippen molar-refractivity contribution in [3.8, 4) is 22.6 Å². The number of halogens is 1. The first kappa shape index (κ1) is 19.8. The molecular formula is C21H18ClN3O5. The number of aromatic nitrogens is 2. The van der Waals surface area contributed by atoms with E-state index in [1.54, 1.807) is 49.0 Å². The highest BCUT2D eigenvalue weighted by Crippen LogP contribution is 2.40. The van der Waals surface area contributed by atoms with Gasteiger partial charge in [-0.1, -0.05) is 17.7 Å². The van der Waals surface area contributed by atoms with Gasteiger partial charge in [0, 0.05) is 25.0 Å². The average Bonchev–Trinajstić information content (AvgIpc) is 3.32. The van der Waals surface area contributed by atoms with Crippen LogP contribution in [0, 0.1) is 0 Å². The fourth-order valence-corrected chi connectivity index (χ4v) is 3.42. The van der Waals surface area contributed by atoms with Crippen molar-refractivity contribution in [2.24, 2.45) is 7.05 Å². The lowest BCUT2D eigenvalue weighted by atomic mass is 10.1. The highest BCUT2D eigenvalue weighted by molar-refractivity contribution is 6.33. The number of carbonyl (C=O) groups excluding carboxylic acids is 2. The number of ether oxygens (including phenoxy) is 3. The summed E-state index contributed by atoms with van der Waals surface area (Å²) in [5, 5.41) is 2.87. The summed E-state index contributed by atoms with van der Waals surface area (Å²) in [6.07, 6.45) is 3.23. The average molecular weight is 428 g/mol. The second-order valence-electron chi connectivity index (χ2n) is 6.46. The number of fused-ring (bicyclic) bond motifs is 1. The number of hydrogen-bond acceptors (Lipinski definition) is 6. The maximum atomic E-state index is 12.9. The lowest BCUT2D eigenvalue weighted by molar-refractivity contribution is 0.0516. The van der Waals surface area contributed by atoms with E-state index in [9.17, 15) is 9.59 Å². The van der Waals surface area contributed by atoms with Gasteiger partial charge in [0.05, 0.1) is 17.9 Å². The molecule has 9 heteroatoms. The SMILES string of the molecule is CCOC(=O)c1c(NC(=O)c2cccnc2Cl)c(-c2ccc3c(c2)OCO3)cn1C. The molecule has 3 aromatic rings. The van der Waals surface area contributed by atoms with Crippen LogP contribution in [0.4, 0.5) is 5.69 Å². The van der Waals surface area contributed by atoms with Crippen LogP contribution >= 0.6 is 11.6 Å². The van der Waals surface area contributed by atoms with Gasteiger partial charge in [-0.25, -0.2) is 9.78 Å². The summed E-state index contributed by atoms with van der Waals surface area (Å²) < 4.78 is 17.6. The summed E-state index contributed by atoms with van der Waals surface area (Å²) in [6, 6.07) is 8.55. The van der Waals surface area contributed by atoms with Gasteiger partial charge in [-0.3, -0.25) is 4.79 Å². The topological polar surface area (TPSA) is 91.7 Å². The Morgan fingerprint density at radius 2 is 2.07 bits per heavy atom. The fourth-order valence-electron chi connectivity index (χ4n) is 3.22. The van der Waals surface area contributed by atoms with E-state index in [0.717, 1.165) is 5.56 Å². The Kier molecular flexibility index (Phi) is 5.33. The summed E-state index contributed by atoms with van der Waals surface area (Å²) >= 11 is 6.06. The molecule has 1 aliphatic heterocycles. The molecule has 0 unspecified atom stereocenters. The van der Waals surface area contributed by atoms with E-state index in [-0.39, 0.29) is 29.8 Å². The van der Waals surface area contributed by atoms with Crippen molar-refractivity contribution >= 4 is 29.2 Å². The fraction of sp³-hybridized carbons (Fsp3) is 0.190. The van der Waals surface area contributed by atoms with Crippen LogP contribution in [-0.2, 0) is 11.8 Å². The normalized spacial score (nSPS) is 12.0. The quantitative estimate of drug-likeness (QED) is 0.490. The van der Waals surface area contributed by atoms with Crippen molar-refractivity contribution in [2.75, 3.05) is 18.7 Å². The number of benzene rings is 1. The number of hydrogen-bond donors (Lipinski definition) is 1. The predicted octanol–water partition coefficient (Wildman–Crippen LogP) is 3.90. The molecule has 1 N–H and O–H groups in total. The van der Waals surface area contributed by atoms with Crippen LogP contribution in [0.5, 0.6) is 11.5 Å². The highest BCUT2D eigenvalue weighted by atomic mass is 35.5. The van der Waals surface area contributed by atoms with Crippen LogP contribution in [0.1, 0.15) is 27.8 Å². The molecule has 8 nitrogen and oxygen atoms in total. The van der Waals surface area contributed by atoms with Gasteiger partial charge in [0.25, 0.3) is 5.91 Å². The van der Waals surface area contributed by atoms with Gasteiger partial charge in [0.1, 0.15) is 5.15 Å². The number of anilines is 1. The number of nitrogens with one attached hydrogen (secondary N) is 1. The number of amides is 1. The Labute approximate surface area is 177 Å². The molecule has 0 spiro atoms. The van der Waals surface area contributed by atoms with E-state index in [4.69, 9.17) is 25.8 Å². The Morgan fingerprint density at radius 1 is 1.27 bits per heavy atom.